The van der Waals surface area contributed by atoms with Crippen LogP contribution in [0.2, 0.25) is 0 Å². The molecule has 1 heterocycles. The van der Waals surface area contributed by atoms with Crippen LogP contribution in [-0.4, -0.2) is 17.3 Å². The number of thioether (sulfide) groups is 1. The fraction of sp³-hybridized carbons (Fsp3) is 0.462. The zero-order valence-electron chi connectivity index (χ0n) is 9.90. The maximum Gasteiger partial charge on any atom is 0.150 e. The molecule has 1 N–H and O–H groups in total. The van der Waals surface area contributed by atoms with E-state index in [4.69, 9.17) is 0 Å². The Morgan fingerprint density at radius 1 is 1.35 bits per heavy atom. The molecule has 0 spiro atoms. The maximum absolute atomic E-state index is 4.56. The summed E-state index contributed by atoms with van der Waals surface area (Å²) in [5.41, 5.74) is 2.37. The van der Waals surface area contributed by atoms with Crippen molar-refractivity contribution in [2.24, 2.45) is 0 Å². The molecule has 90 valence electrons. The quantitative estimate of drug-likeness (QED) is 0.833. The van der Waals surface area contributed by atoms with E-state index in [0.29, 0.717) is 6.04 Å². The van der Waals surface area contributed by atoms with Crippen molar-refractivity contribution in [1.82, 2.24) is 4.98 Å². The van der Waals surface area contributed by atoms with Crippen LogP contribution >= 0.6 is 23.1 Å². The number of thiazole rings is 1. The second-order valence-electron chi connectivity index (χ2n) is 4.49. The predicted molar refractivity (Wildman–Crippen MR) is 77.3 cm³/mol. The number of benzene rings is 1. The Morgan fingerprint density at radius 3 is 2.94 bits per heavy atom. The molecular formula is C13H16N2S2. The average molecular weight is 264 g/mol. The lowest BCUT2D eigenvalue weighted by Gasteiger charge is -2.12. The second-order valence-corrected chi connectivity index (χ2v) is 6.58. The normalized spacial score (nSPS) is 16.8. The summed E-state index contributed by atoms with van der Waals surface area (Å²) in [4.78, 5) is 4.56. The van der Waals surface area contributed by atoms with Crippen LogP contribution in [0, 0.1) is 0 Å². The van der Waals surface area contributed by atoms with Crippen LogP contribution in [0.25, 0.3) is 10.2 Å². The smallest absolute Gasteiger partial charge is 0.150 e. The molecule has 1 aromatic carbocycles. The first-order valence-corrected chi connectivity index (χ1v) is 8.10. The summed E-state index contributed by atoms with van der Waals surface area (Å²) in [7, 11) is 0. The van der Waals surface area contributed by atoms with Crippen molar-refractivity contribution in [3.63, 3.8) is 0 Å². The summed E-state index contributed by atoms with van der Waals surface area (Å²) in [6.07, 6.45) is 7.46. The highest BCUT2D eigenvalue weighted by molar-refractivity contribution is 8.00. The highest BCUT2D eigenvalue weighted by Gasteiger charge is 2.14. The molecule has 2 nitrogen and oxygen atoms in total. The zero-order chi connectivity index (χ0) is 11.7. The highest BCUT2D eigenvalue weighted by Crippen LogP contribution is 2.31. The Labute approximate surface area is 110 Å². The first-order chi connectivity index (χ1) is 8.35. The third-order valence-electron chi connectivity index (χ3n) is 3.27. The van der Waals surface area contributed by atoms with Crippen LogP contribution in [0.5, 0.6) is 0 Å². The van der Waals surface area contributed by atoms with E-state index in [2.05, 4.69) is 34.8 Å². The van der Waals surface area contributed by atoms with Gasteiger partial charge >= 0.3 is 0 Å². The van der Waals surface area contributed by atoms with E-state index < -0.39 is 0 Å². The molecule has 2 aromatic rings. The van der Waals surface area contributed by atoms with Crippen molar-refractivity contribution in [3.05, 3.63) is 18.2 Å². The van der Waals surface area contributed by atoms with Crippen molar-refractivity contribution in [2.45, 2.75) is 36.1 Å². The van der Waals surface area contributed by atoms with E-state index in [9.17, 15) is 0 Å². The molecule has 1 fully saturated rings. The standard InChI is InChI=1S/C13H16N2S2/c1-16-13-15-11-7-6-10(8-12(11)17-13)14-9-4-2-3-5-9/h6-9,14H,2-5H2,1H3. The lowest BCUT2D eigenvalue weighted by molar-refractivity contribution is 0.756. The SMILES string of the molecule is CSc1nc2ccc(NC3CCCC3)cc2s1. The minimum absolute atomic E-state index is 0.681. The van der Waals surface area contributed by atoms with Gasteiger partial charge in [-0.2, -0.15) is 0 Å². The van der Waals surface area contributed by atoms with Gasteiger partial charge in [0, 0.05) is 11.7 Å². The molecule has 0 aliphatic heterocycles. The molecule has 3 rings (SSSR count). The van der Waals surface area contributed by atoms with E-state index >= 15 is 0 Å². The summed E-state index contributed by atoms with van der Waals surface area (Å²) in [6, 6.07) is 7.21. The van der Waals surface area contributed by atoms with E-state index in [-0.39, 0.29) is 0 Å². The minimum Gasteiger partial charge on any atom is -0.382 e. The summed E-state index contributed by atoms with van der Waals surface area (Å²) in [6.45, 7) is 0. The van der Waals surface area contributed by atoms with Gasteiger partial charge in [-0.3, -0.25) is 0 Å². The van der Waals surface area contributed by atoms with E-state index in [1.807, 2.05) is 0 Å². The summed E-state index contributed by atoms with van der Waals surface area (Å²) in [5, 5.41) is 3.63. The van der Waals surface area contributed by atoms with Gasteiger partial charge in [0.15, 0.2) is 4.34 Å². The maximum atomic E-state index is 4.56. The van der Waals surface area contributed by atoms with E-state index in [1.54, 1.807) is 23.1 Å². The molecule has 0 unspecified atom stereocenters. The minimum atomic E-state index is 0.681. The lowest BCUT2D eigenvalue weighted by atomic mass is 10.2. The molecule has 1 aromatic heterocycles. The van der Waals surface area contributed by atoms with Crippen molar-refractivity contribution in [1.29, 1.82) is 0 Å². The fourth-order valence-electron chi connectivity index (χ4n) is 2.39. The van der Waals surface area contributed by atoms with Gasteiger partial charge in [-0.1, -0.05) is 24.6 Å². The molecule has 0 amide bonds. The molecule has 4 heteroatoms. The Bertz CT molecular complexity index is 515. The number of nitrogens with one attached hydrogen (secondary N) is 1. The monoisotopic (exact) mass is 264 g/mol. The molecule has 0 atom stereocenters. The number of rotatable bonds is 3. The number of hydrogen-bond acceptors (Lipinski definition) is 4. The Balaban J connectivity index is 1.84. The molecule has 1 aliphatic rings. The van der Waals surface area contributed by atoms with Crippen LogP contribution < -0.4 is 5.32 Å². The number of aromatic nitrogens is 1. The van der Waals surface area contributed by atoms with Crippen LogP contribution in [0.3, 0.4) is 0 Å². The highest BCUT2D eigenvalue weighted by atomic mass is 32.2. The fourth-order valence-corrected chi connectivity index (χ4v) is 3.91. The third kappa shape index (κ3) is 2.43. The van der Waals surface area contributed by atoms with Gasteiger partial charge in [-0.15, -0.1) is 11.3 Å². The summed E-state index contributed by atoms with van der Waals surface area (Å²) >= 11 is 3.50. The van der Waals surface area contributed by atoms with Gasteiger partial charge in [0.2, 0.25) is 0 Å². The van der Waals surface area contributed by atoms with Crippen LogP contribution in [0.15, 0.2) is 22.5 Å². The van der Waals surface area contributed by atoms with Crippen molar-refractivity contribution in [2.75, 3.05) is 11.6 Å². The van der Waals surface area contributed by atoms with Gasteiger partial charge < -0.3 is 5.32 Å². The van der Waals surface area contributed by atoms with Crippen molar-refractivity contribution in [3.8, 4) is 0 Å². The number of nitrogens with zero attached hydrogens (tertiary/aromatic N) is 1. The molecule has 1 saturated carbocycles. The molecule has 1 aliphatic carbocycles. The van der Waals surface area contributed by atoms with Gasteiger partial charge in [0.1, 0.15) is 0 Å². The number of anilines is 1. The van der Waals surface area contributed by atoms with Gasteiger partial charge in [0.05, 0.1) is 10.2 Å². The predicted octanol–water partition coefficient (Wildman–Crippen LogP) is 4.37. The average Bonchev–Trinajstić information content (AvgIpc) is 2.96. The van der Waals surface area contributed by atoms with Gasteiger partial charge in [0.25, 0.3) is 0 Å². The molecule has 17 heavy (non-hydrogen) atoms. The van der Waals surface area contributed by atoms with Crippen molar-refractivity contribution < 1.29 is 0 Å². The molecule has 0 radical (unpaired) electrons. The van der Waals surface area contributed by atoms with Crippen LogP contribution in [0.1, 0.15) is 25.7 Å². The zero-order valence-corrected chi connectivity index (χ0v) is 11.5. The Morgan fingerprint density at radius 2 is 2.18 bits per heavy atom. The van der Waals surface area contributed by atoms with Gasteiger partial charge in [-0.05, 0) is 37.3 Å². The van der Waals surface area contributed by atoms with Crippen LogP contribution in [-0.2, 0) is 0 Å². The largest absolute Gasteiger partial charge is 0.382 e. The van der Waals surface area contributed by atoms with Crippen molar-refractivity contribution >= 4 is 39.0 Å². The summed E-state index contributed by atoms with van der Waals surface area (Å²) < 4.78 is 2.44. The summed E-state index contributed by atoms with van der Waals surface area (Å²) in [5.74, 6) is 0. The molecule has 0 saturated heterocycles. The molecule has 0 bridgehead atoms. The number of fused-ring (bicyclic) bond motifs is 1. The first-order valence-electron chi connectivity index (χ1n) is 6.06. The molecular weight excluding hydrogens is 248 g/mol. The topological polar surface area (TPSA) is 24.9 Å². The lowest BCUT2D eigenvalue weighted by Crippen LogP contribution is -2.14. The van der Waals surface area contributed by atoms with Gasteiger partial charge in [-0.25, -0.2) is 4.98 Å². The number of hydrogen-bond donors (Lipinski definition) is 1. The third-order valence-corrected chi connectivity index (χ3v) is 5.27. The Hall–Kier alpha value is -0.740. The Kier molecular flexibility index (Phi) is 3.25. The van der Waals surface area contributed by atoms with Crippen LogP contribution in [0.4, 0.5) is 5.69 Å². The van der Waals surface area contributed by atoms with E-state index in [1.165, 1.54) is 36.1 Å². The van der Waals surface area contributed by atoms with E-state index in [0.717, 1.165) is 9.86 Å². The second kappa shape index (κ2) is 4.86. The first kappa shape index (κ1) is 11.4.